The van der Waals surface area contributed by atoms with Crippen molar-refractivity contribution in [3.8, 4) is 11.5 Å². The molecule has 1 N–H and O–H groups in total. The van der Waals surface area contributed by atoms with Crippen LogP contribution in [-0.2, 0) is 6.54 Å². The van der Waals surface area contributed by atoms with Crippen molar-refractivity contribution >= 4 is 33.0 Å². The van der Waals surface area contributed by atoms with E-state index >= 15 is 0 Å². The van der Waals surface area contributed by atoms with Gasteiger partial charge in [0.1, 0.15) is 0 Å². The molecule has 0 atom stereocenters. The molecule has 0 amide bonds. The molecule has 0 unspecified atom stereocenters. The van der Waals surface area contributed by atoms with E-state index in [2.05, 4.69) is 44.4 Å². The van der Waals surface area contributed by atoms with Crippen molar-refractivity contribution in [3.63, 3.8) is 0 Å². The van der Waals surface area contributed by atoms with E-state index in [0.717, 1.165) is 22.3 Å². The Morgan fingerprint density at radius 2 is 2.10 bits per heavy atom. The minimum absolute atomic E-state index is 0.541. The molecular weight excluding hydrogens is 350 g/mol. The molecule has 0 bridgehead atoms. The smallest absolute Gasteiger partial charge is 0.260 e. The molecule has 0 aliphatic rings. The fraction of sp³-hybridized carbons (Fsp3) is 0.200. The van der Waals surface area contributed by atoms with Crippen molar-refractivity contribution in [1.82, 2.24) is 10.1 Å². The summed E-state index contributed by atoms with van der Waals surface area (Å²) in [4.78, 5) is 6.85. The SMILES string of the molecule is Cc1noc(-c2ccccc2NCc2cc(Br)c(C)s2)n1. The molecular formula is C15H14BrN3OS. The van der Waals surface area contributed by atoms with Gasteiger partial charge < -0.3 is 9.84 Å². The van der Waals surface area contributed by atoms with Crippen molar-refractivity contribution < 1.29 is 4.52 Å². The van der Waals surface area contributed by atoms with Gasteiger partial charge in [0.15, 0.2) is 5.82 Å². The predicted octanol–water partition coefficient (Wildman–Crippen LogP) is 4.79. The fourth-order valence-corrected chi connectivity index (χ4v) is 3.56. The molecule has 0 radical (unpaired) electrons. The molecule has 0 aliphatic carbocycles. The maximum atomic E-state index is 5.26. The quantitative estimate of drug-likeness (QED) is 0.723. The number of rotatable bonds is 4. The summed E-state index contributed by atoms with van der Waals surface area (Å²) in [6.07, 6.45) is 0. The molecule has 0 fully saturated rings. The minimum atomic E-state index is 0.541. The summed E-state index contributed by atoms with van der Waals surface area (Å²) in [5, 5.41) is 7.29. The average molecular weight is 364 g/mol. The van der Waals surface area contributed by atoms with Gasteiger partial charge in [0, 0.05) is 26.5 Å². The number of aryl methyl sites for hydroxylation is 2. The Kier molecular flexibility index (Phi) is 4.07. The molecule has 0 saturated heterocycles. The van der Waals surface area contributed by atoms with Crippen LogP contribution >= 0.6 is 27.3 Å². The zero-order chi connectivity index (χ0) is 14.8. The zero-order valence-electron chi connectivity index (χ0n) is 11.7. The molecule has 21 heavy (non-hydrogen) atoms. The van der Waals surface area contributed by atoms with Gasteiger partial charge in [-0.3, -0.25) is 0 Å². The number of thiophene rings is 1. The number of nitrogens with one attached hydrogen (secondary N) is 1. The lowest BCUT2D eigenvalue weighted by Gasteiger charge is -2.08. The molecule has 108 valence electrons. The van der Waals surface area contributed by atoms with Gasteiger partial charge in [-0.1, -0.05) is 17.3 Å². The lowest BCUT2D eigenvalue weighted by atomic mass is 10.1. The van der Waals surface area contributed by atoms with E-state index in [9.17, 15) is 0 Å². The molecule has 0 saturated carbocycles. The van der Waals surface area contributed by atoms with Crippen molar-refractivity contribution in [2.24, 2.45) is 0 Å². The van der Waals surface area contributed by atoms with Gasteiger partial charge in [0.2, 0.25) is 0 Å². The third kappa shape index (κ3) is 3.16. The second kappa shape index (κ2) is 5.99. The van der Waals surface area contributed by atoms with Crippen molar-refractivity contribution in [2.45, 2.75) is 20.4 Å². The van der Waals surface area contributed by atoms with E-state index in [1.54, 1.807) is 11.3 Å². The molecule has 6 heteroatoms. The lowest BCUT2D eigenvalue weighted by molar-refractivity contribution is 0.426. The Morgan fingerprint density at radius 3 is 2.76 bits per heavy atom. The van der Waals surface area contributed by atoms with E-state index in [1.165, 1.54) is 9.75 Å². The highest BCUT2D eigenvalue weighted by atomic mass is 79.9. The average Bonchev–Trinajstić information content (AvgIpc) is 3.04. The molecule has 2 aromatic heterocycles. The standard InChI is InChI=1S/C15H14BrN3OS/c1-9-13(16)7-11(21-9)8-17-14-6-4-3-5-12(14)15-18-10(2)19-20-15/h3-7,17H,8H2,1-2H3. The monoisotopic (exact) mass is 363 g/mol. The van der Waals surface area contributed by atoms with Crippen LogP contribution in [-0.4, -0.2) is 10.1 Å². The number of halogens is 1. The minimum Gasteiger partial charge on any atom is -0.380 e. The van der Waals surface area contributed by atoms with Crippen LogP contribution < -0.4 is 5.32 Å². The molecule has 2 heterocycles. The van der Waals surface area contributed by atoms with Crippen LogP contribution in [0.1, 0.15) is 15.6 Å². The van der Waals surface area contributed by atoms with Crippen LogP contribution in [0.2, 0.25) is 0 Å². The predicted molar refractivity (Wildman–Crippen MR) is 88.6 cm³/mol. The van der Waals surface area contributed by atoms with Crippen molar-refractivity contribution in [3.05, 3.63) is 50.4 Å². The van der Waals surface area contributed by atoms with Crippen LogP contribution in [0.15, 0.2) is 39.3 Å². The maximum Gasteiger partial charge on any atom is 0.260 e. The van der Waals surface area contributed by atoms with E-state index in [0.29, 0.717) is 11.7 Å². The van der Waals surface area contributed by atoms with E-state index in [4.69, 9.17) is 4.52 Å². The van der Waals surface area contributed by atoms with Gasteiger partial charge in [-0.15, -0.1) is 11.3 Å². The molecule has 4 nitrogen and oxygen atoms in total. The number of anilines is 1. The first-order valence-corrected chi connectivity index (χ1v) is 8.13. The van der Waals surface area contributed by atoms with Gasteiger partial charge in [0.25, 0.3) is 5.89 Å². The Labute approximate surface area is 135 Å². The number of hydrogen-bond acceptors (Lipinski definition) is 5. The Balaban J connectivity index is 1.82. The second-order valence-electron chi connectivity index (χ2n) is 4.66. The molecule has 3 rings (SSSR count). The molecule has 0 aliphatic heterocycles. The van der Waals surface area contributed by atoms with Gasteiger partial charge >= 0.3 is 0 Å². The van der Waals surface area contributed by atoms with E-state index in [1.807, 2.05) is 31.2 Å². The normalized spacial score (nSPS) is 10.8. The Morgan fingerprint density at radius 1 is 1.29 bits per heavy atom. The molecule has 0 spiro atoms. The van der Waals surface area contributed by atoms with Gasteiger partial charge in [-0.2, -0.15) is 4.98 Å². The van der Waals surface area contributed by atoms with Gasteiger partial charge in [-0.25, -0.2) is 0 Å². The number of benzene rings is 1. The van der Waals surface area contributed by atoms with Gasteiger partial charge in [-0.05, 0) is 48.0 Å². The Bertz CT molecular complexity index is 746. The molecule has 1 aromatic carbocycles. The first-order chi connectivity index (χ1) is 10.1. The van der Waals surface area contributed by atoms with E-state index < -0.39 is 0 Å². The highest BCUT2D eigenvalue weighted by Gasteiger charge is 2.11. The summed E-state index contributed by atoms with van der Waals surface area (Å²) in [6, 6.07) is 10.1. The summed E-state index contributed by atoms with van der Waals surface area (Å²) in [5.41, 5.74) is 1.91. The maximum absolute atomic E-state index is 5.26. The van der Waals surface area contributed by atoms with Crippen LogP contribution in [0.4, 0.5) is 5.69 Å². The van der Waals surface area contributed by atoms with Crippen LogP contribution in [0, 0.1) is 13.8 Å². The number of aromatic nitrogens is 2. The van der Waals surface area contributed by atoms with Crippen LogP contribution in [0.25, 0.3) is 11.5 Å². The highest BCUT2D eigenvalue weighted by molar-refractivity contribution is 9.10. The number of hydrogen-bond donors (Lipinski definition) is 1. The van der Waals surface area contributed by atoms with Crippen molar-refractivity contribution in [1.29, 1.82) is 0 Å². The topological polar surface area (TPSA) is 51.0 Å². The Hall–Kier alpha value is -1.66. The number of para-hydroxylation sites is 1. The number of nitrogens with zero attached hydrogens (tertiary/aromatic N) is 2. The lowest BCUT2D eigenvalue weighted by Crippen LogP contribution is -1.99. The summed E-state index contributed by atoms with van der Waals surface area (Å²) >= 11 is 5.32. The van der Waals surface area contributed by atoms with Crippen molar-refractivity contribution in [2.75, 3.05) is 5.32 Å². The fourth-order valence-electron chi connectivity index (χ4n) is 2.02. The van der Waals surface area contributed by atoms with Crippen LogP contribution in [0.3, 0.4) is 0 Å². The largest absolute Gasteiger partial charge is 0.380 e. The summed E-state index contributed by atoms with van der Waals surface area (Å²) in [7, 11) is 0. The first kappa shape index (κ1) is 14.3. The summed E-state index contributed by atoms with van der Waals surface area (Å²) < 4.78 is 6.42. The highest BCUT2D eigenvalue weighted by Crippen LogP contribution is 2.29. The van der Waals surface area contributed by atoms with Crippen LogP contribution in [0.5, 0.6) is 0 Å². The second-order valence-corrected chi connectivity index (χ2v) is 6.86. The van der Waals surface area contributed by atoms with Gasteiger partial charge in [0.05, 0.1) is 5.56 Å². The zero-order valence-corrected chi connectivity index (χ0v) is 14.1. The first-order valence-electron chi connectivity index (χ1n) is 6.52. The third-order valence-electron chi connectivity index (χ3n) is 3.05. The summed E-state index contributed by atoms with van der Waals surface area (Å²) in [5.74, 6) is 1.18. The van der Waals surface area contributed by atoms with E-state index in [-0.39, 0.29) is 0 Å². The summed E-state index contributed by atoms with van der Waals surface area (Å²) in [6.45, 7) is 4.68. The molecule has 3 aromatic rings. The third-order valence-corrected chi connectivity index (χ3v) is 5.18.